The summed E-state index contributed by atoms with van der Waals surface area (Å²) >= 11 is 1.17. The van der Waals surface area contributed by atoms with E-state index in [-0.39, 0.29) is 22.9 Å². The first-order chi connectivity index (χ1) is 16.0. The topological polar surface area (TPSA) is 106 Å². The van der Waals surface area contributed by atoms with Crippen molar-refractivity contribution in [2.24, 2.45) is 0 Å². The Labute approximate surface area is 194 Å². The van der Waals surface area contributed by atoms with Crippen LogP contribution in [0.1, 0.15) is 25.1 Å². The van der Waals surface area contributed by atoms with Gasteiger partial charge in [-0.2, -0.15) is 0 Å². The molecule has 172 valence electrons. The van der Waals surface area contributed by atoms with Gasteiger partial charge in [0.1, 0.15) is 11.5 Å². The summed E-state index contributed by atoms with van der Waals surface area (Å²) in [5.41, 5.74) is 0.669. The molecule has 1 saturated heterocycles. The van der Waals surface area contributed by atoms with Crippen LogP contribution >= 0.6 is 11.8 Å². The maximum Gasteiger partial charge on any atom is 0.292 e. The molecule has 0 aliphatic carbocycles. The molecule has 1 fully saturated rings. The molecule has 11 heteroatoms. The van der Waals surface area contributed by atoms with Crippen LogP contribution in [0.2, 0.25) is 0 Å². The van der Waals surface area contributed by atoms with Gasteiger partial charge in [0.05, 0.1) is 17.2 Å². The lowest BCUT2D eigenvalue weighted by Crippen LogP contribution is -2.30. The number of halogens is 1. The second-order valence-corrected chi connectivity index (χ2v) is 8.60. The molecule has 2 aromatic carbocycles. The number of para-hydroxylation sites is 2. The number of rotatable bonds is 8. The van der Waals surface area contributed by atoms with Gasteiger partial charge in [0.2, 0.25) is 5.91 Å². The fraction of sp³-hybridized carbons (Fsp3) is 0.318. The summed E-state index contributed by atoms with van der Waals surface area (Å²) in [6.45, 7) is 2.57. The summed E-state index contributed by atoms with van der Waals surface area (Å²) in [4.78, 5) is 25.4. The van der Waals surface area contributed by atoms with E-state index in [1.165, 1.54) is 48.5 Å². The zero-order chi connectivity index (χ0) is 23.2. The smallest absolute Gasteiger partial charge is 0.292 e. The van der Waals surface area contributed by atoms with E-state index < -0.39 is 10.8 Å². The molecule has 1 aliphatic rings. The second-order valence-electron chi connectivity index (χ2n) is 7.66. The Morgan fingerprint density at radius 2 is 1.82 bits per heavy atom. The minimum absolute atomic E-state index is 0.0188. The largest absolute Gasteiger partial charge is 0.320 e. The van der Waals surface area contributed by atoms with Crippen molar-refractivity contribution in [3.8, 4) is 5.69 Å². The van der Waals surface area contributed by atoms with Crippen molar-refractivity contribution in [2.45, 2.75) is 31.0 Å². The SMILES string of the molecule is O=C(CSc1nnc(CN2CCCCC2)n1-c1ccc(F)cc1)Nc1ccccc1[N+](=O)[O-]. The van der Waals surface area contributed by atoms with Gasteiger partial charge in [0, 0.05) is 11.8 Å². The highest BCUT2D eigenvalue weighted by Gasteiger charge is 2.20. The second kappa shape index (κ2) is 10.5. The Bertz CT molecular complexity index is 1130. The van der Waals surface area contributed by atoms with Gasteiger partial charge in [-0.25, -0.2) is 4.39 Å². The Morgan fingerprint density at radius 3 is 2.55 bits per heavy atom. The van der Waals surface area contributed by atoms with Crippen molar-refractivity contribution in [2.75, 3.05) is 24.2 Å². The monoisotopic (exact) mass is 470 g/mol. The van der Waals surface area contributed by atoms with E-state index in [1.54, 1.807) is 18.2 Å². The number of carbonyl (C=O) groups excluding carboxylic acids is 1. The van der Waals surface area contributed by atoms with Crippen molar-refractivity contribution in [3.63, 3.8) is 0 Å². The third-order valence-electron chi connectivity index (χ3n) is 5.31. The van der Waals surface area contributed by atoms with Crippen LogP contribution in [0.4, 0.5) is 15.8 Å². The molecule has 9 nitrogen and oxygen atoms in total. The van der Waals surface area contributed by atoms with Gasteiger partial charge in [0.15, 0.2) is 11.0 Å². The first-order valence-electron chi connectivity index (χ1n) is 10.6. The average Bonchev–Trinajstić information content (AvgIpc) is 3.21. The zero-order valence-corrected chi connectivity index (χ0v) is 18.6. The van der Waals surface area contributed by atoms with E-state index in [0.29, 0.717) is 23.2 Å². The van der Waals surface area contributed by atoms with Crippen molar-refractivity contribution in [1.82, 2.24) is 19.7 Å². The molecule has 4 rings (SSSR count). The number of piperidine rings is 1. The molecule has 1 N–H and O–H groups in total. The van der Waals surface area contributed by atoms with Crippen LogP contribution < -0.4 is 5.32 Å². The summed E-state index contributed by atoms with van der Waals surface area (Å²) in [6.07, 6.45) is 3.49. The van der Waals surface area contributed by atoms with E-state index in [0.717, 1.165) is 25.9 Å². The van der Waals surface area contributed by atoms with Crippen molar-refractivity contribution in [1.29, 1.82) is 0 Å². The maximum atomic E-state index is 13.5. The molecule has 2 heterocycles. The summed E-state index contributed by atoms with van der Waals surface area (Å²) in [6, 6.07) is 12.0. The molecule has 0 radical (unpaired) electrons. The molecule has 0 atom stereocenters. The lowest BCUT2D eigenvalue weighted by molar-refractivity contribution is -0.383. The lowest BCUT2D eigenvalue weighted by Gasteiger charge is -2.26. The summed E-state index contributed by atoms with van der Waals surface area (Å²) in [7, 11) is 0. The van der Waals surface area contributed by atoms with E-state index in [2.05, 4.69) is 20.4 Å². The predicted molar refractivity (Wildman–Crippen MR) is 123 cm³/mol. The molecular weight excluding hydrogens is 447 g/mol. The highest BCUT2D eigenvalue weighted by Crippen LogP contribution is 2.26. The van der Waals surface area contributed by atoms with E-state index >= 15 is 0 Å². The van der Waals surface area contributed by atoms with Crippen molar-refractivity contribution >= 4 is 29.0 Å². The highest BCUT2D eigenvalue weighted by atomic mass is 32.2. The molecule has 0 unspecified atom stereocenters. The molecule has 3 aromatic rings. The minimum atomic E-state index is -0.541. The van der Waals surface area contributed by atoms with E-state index in [4.69, 9.17) is 0 Å². The first kappa shape index (κ1) is 22.9. The normalized spacial score (nSPS) is 14.2. The van der Waals surface area contributed by atoms with Crippen molar-refractivity contribution < 1.29 is 14.1 Å². The predicted octanol–water partition coefficient (Wildman–Crippen LogP) is 4.03. The van der Waals surface area contributed by atoms with Crippen LogP contribution in [-0.4, -0.2) is 49.3 Å². The Kier molecular flexibility index (Phi) is 7.30. The number of amides is 1. The van der Waals surface area contributed by atoms with Crippen LogP contribution in [0.5, 0.6) is 0 Å². The van der Waals surface area contributed by atoms with Gasteiger partial charge in [-0.1, -0.05) is 30.3 Å². The van der Waals surface area contributed by atoms with E-state index in [1.807, 2.05) is 4.57 Å². The number of hydrogen-bond acceptors (Lipinski definition) is 7. The third kappa shape index (κ3) is 5.74. The molecule has 33 heavy (non-hydrogen) atoms. The number of nitro benzene ring substituents is 1. The minimum Gasteiger partial charge on any atom is -0.320 e. The number of likely N-dealkylation sites (tertiary alicyclic amines) is 1. The molecule has 0 saturated carbocycles. The molecule has 1 aromatic heterocycles. The van der Waals surface area contributed by atoms with Gasteiger partial charge in [0.25, 0.3) is 5.69 Å². The number of carbonyl (C=O) groups is 1. The van der Waals surface area contributed by atoms with Crippen LogP contribution in [0.25, 0.3) is 5.69 Å². The first-order valence-corrected chi connectivity index (χ1v) is 11.6. The Balaban J connectivity index is 1.51. The third-order valence-corrected chi connectivity index (χ3v) is 6.24. The number of thioether (sulfide) groups is 1. The quantitative estimate of drug-likeness (QED) is 0.301. The number of benzene rings is 2. The summed E-state index contributed by atoms with van der Waals surface area (Å²) < 4.78 is 15.3. The number of nitro groups is 1. The highest BCUT2D eigenvalue weighted by molar-refractivity contribution is 7.99. The molecule has 1 amide bonds. The zero-order valence-electron chi connectivity index (χ0n) is 17.8. The molecular formula is C22H23FN6O3S. The fourth-order valence-corrected chi connectivity index (χ4v) is 4.49. The molecule has 0 bridgehead atoms. The number of nitrogens with one attached hydrogen (secondary N) is 1. The Hall–Kier alpha value is -3.31. The van der Waals surface area contributed by atoms with Crippen LogP contribution in [0.3, 0.4) is 0 Å². The van der Waals surface area contributed by atoms with Crippen molar-refractivity contribution in [3.05, 3.63) is 70.3 Å². The van der Waals surface area contributed by atoms with Crippen LogP contribution in [0, 0.1) is 15.9 Å². The number of anilines is 1. The summed E-state index contributed by atoms with van der Waals surface area (Å²) in [5, 5.41) is 22.9. The number of nitrogens with zero attached hydrogens (tertiary/aromatic N) is 5. The van der Waals surface area contributed by atoms with Crippen LogP contribution in [0.15, 0.2) is 53.7 Å². The van der Waals surface area contributed by atoms with Gasteiger partial charge >= 0.3 is 0 Å². The Morgan fingerprint density at radius 1 is 1.09 bits per heavy atom. The fourth-order valence-electron chi connectivity index (χ4n) is 3.72. The van der Waals surface area contributed by atoms with E-state index in [9.17, 15) is 19.3 Å². The molecule has 1 aliphatic heterocycles. The number of aromatic nitrogens is 3. The maximum absolute atomic E-state index is 13.5. The van der Waals surface area contributed by atoms with Gasteiger partial charge in [-0.15, -0.1) is 10.2 Å². The lowest BCUT2D eigenvalue weighted by atomic mass is 10.1. The standard InChI is InChI=1S/C22H23FN6O3S/c23-16-8-10-17(11-9-16)28-20(14-27-12-4-1-5-13-27)25-26-22(28)33-15-21(30)24-18-6-2-3-7-19(18)29(31)32/h2-3,6-11H,1,4-5,12-15H2,(H,24,30). The van der Waals surface area contributed by atoms with Crippen LogP contribution in [-0.2, 0) is 11.3 Å². The van der Waals surface area contributed by atoms with Gasteiger partial charge in [-0.3, -0.25) is 24.4 Å². The number of hydrogen-bond donors (Lipinski definition) is 1. The average molecular weight is 471 g/mol. The summed E-state index contributed by atoms with van der Waals surface area (Å²) in [5.74, 6) is -0.0529. The van der Waals surface area contributed by atoms with Gasteiger partial charge in [-0.05, 0) is 56.3 Å². The molecule has 0 spiro atoms. The van der Waals surface area contributed by atoms with Gasteiger partial charge < -0.3 is 5.32 Å².